The maximum absolute atomic E-state index is 5.29. The number of rotatable bonds is 2. The highest BCUT2D eigenvalue weighted by Crippen LogP contribution is 2.56. The van der Waals surface area contributed by atoms with Crippen molar-refractivity contribution in [3.63, 3.8) is 0 Å². The SMILES string of the molecule is CC1(C)c2c(-c3ccccc3)nc(-c3ccccc3)nc2-c2c1c1ccccc1c1ccccc21. The van der Waals surface area contributed by atoms with Crippen LogP contribution in [0.2, 0.25) is 0 Å². The van der Waals surface area contributed by atoms with Crippen LogP contribution in [0.3, 0.4) is 0 Å². The minimum Gasteiger partial charge on any atom is -0.228 e. The van der Waals surface area contributed by atoms with Crippen molar-refractivity contribution in [2.75, 3.05) is 0 Å². The molecule has 0 saturated heterocycles. The highest BCUT2D eigenvalue weighted by molar-refractivity contribution is 6.18. The van der Waals surface area contributed by atoms with Gasteiger partial charge in [0.05, 0.1) is 11.4 Å². The van der Waals surface area contributed by atoms with E-state index in [1.54, 1.807) is 0 Å². The lowest BCUT2D eigenvalue weighted by atomic mass is 9.78. The van der Waals surface area contributed by atoms with Gasteiger partial charge in [-0.3, -0.25) is 0 Å². The Morgan fingerprint density at radius 1 is 0.457 bits per heavy atom. The predicted octanol–water partition coefficient (Wildman–Crippen LogP) is 8.42. The van der Waals surface area contributed by atoms with Crippen LogP contribution in [0.4, 0.5) is 0 Å². The topological polar surface area (TPSA) is 25.8 Å². The van der Waals surface area contributed by atoms with Crippen LogP contribution < -0.4 is 0 Å². The molecule has 7 rings (SSSR count). The molecule has 0 bridgehead atoms. The van der Waals surface area contributed by atoms with Crippen molar-refractivity contribution < 1.29 is 0 Å². The molecule has 0 spiro atoms. The van der Waals surface area contributed by atoms with E-state index in [-0.39, 0.29) is 5.41 Å². The Balaban J connectivity index is 1.69. The zero-order chi connectivity index (χ0) is 23.6. The molecule has 0 saturated carbocycles. The second-order valence-electron chi connectivity index (χ2n) is 9.82. The Hall–Kier alpha value is -4.30. The van der Waals surface area contributed by atoms with Crippen LogP contribution in [0.5, 0.6) is 0 Å². The molecule has 0 aliphatic heterocycles. The summed E-state index contributed by atoms with van der Waals surface area (Å²) < 4.78 is 0. The monoisotopic (exact) mass is 448 g/mol. The van der Waals surface area contributed by atoms with Crippen molar-refractivity contribution in [1.29, 1.82) is 0 Å². The third-order valence-corrected chi connectivity index (χ3v) is 7.41. The van der Waals surface area contributed by atoms with Crippen molar-refractivity contribution in [3.8, 4) is 33.9 Å². The van der Waals surface area contributed by atoms with E-state index in [2.05, 4.69) is 117 Å². The smallest absolute Gasteiger partial charge is 0.160 e. The van der Waals surface area contributed by atoms with Gasteiger partial charge in [0.25, 0.3) is 0 Å². The quantitative estimate of drug-likeness (QED) is 0.248. The number of benzene rings is 5. The van der Waals surface area contributed by atoms with Crippen LogP contribution in [-0.4, -0.2) is 9.97 Å². The lowest BCUT2D eigenvalue weighted by molar-refractivity contribution is 0.664. The predicted molar refractivity (Wildman–Crippen MR) is 145 cm³/mol. The zero-order valence-electron chi connectivity index (χ0n) is 19.8. The number of nitrogens with zero attached hydrogens (tertiary/aromatic N) is 2. The summed E-state index contributed by atoms with van der Waals surface area (Å²) >= 11 is 0. The van der Waals surface area contributed by atoms with E-state index in [4.69, 9.17) is 9.97 Å². The number of hydrogen-bond acceptors (Lipinski definition) is 2. The van der Waals surface area contributed by atoms with Crippen LogP contribution in [0.1, 0.15) is 25.0 Å². The van der Waals surface area contributed by atoms with Gasteiger partial charge in [-0.25, -0.2) is 9.97 Å². The minimum absolute atomic E-state index is 0.255. The fourth-order valence-electron chi connectivity index (χ4n) is 5.92. The van der Waals surface area contributed by atoms with Gasteiger partial charge in [-0.2, -0.15) is 0 Å². The Morgan fingerprint density at radius 3 is 1.60 bits per heavy atom. The van der Waals surface area contributed by atoms with Crippen molar-refractivity contribution >= 4 is 21.5 Å². The molecule has 0 unspecified atom stereocenters. The third kappa shape index (κ3) is 2.83. The van der Waals surface area contributed by atoms with Crippen LogP contribution in [-0.2, 0) is 5.41 Å². The molecule has 0 radical (unpaired) electrons. The van der Waals surface area contributed by atoms with Crippen LogP contribution in [0, 0.1) is 0 Å². The summed E-state index contributed by atoms with van der Waals surface area (Å²) in [6, 6.07) is 38.4. The highest BCUT2D eigenvalue weighted by atomic mass is 14.9. The minimum atomic E-state index is -0.255. The molecule has 0 atom stereocenters. The molecule has 0 fully saturated rings. The molecular weight excluding hydrogens is 424 g/mol. The van der Waals surface area contributed by atoms with Gasteiger partial charge in [0.1, 0.15) is 0 Å². The van der Waals surface area contributed by atoms with Crippen molar-refractivity contribution in [2.24, 2.45) is 0 Å². The molecule has 35 heavy (non-hydrogen) atoms. The van der Waals surface area contributed by atoms with E-state index in [9.17, 15) is 0 Å². The number of aromatic nitrogens is 2. The molecule has 0 N–H and O–H groups in total. The summed E-state index contributed by atoms with van der Waals surface area (Å²) in [5, 5.41) is 5.11. The Bertz CT molecular complexity index is 1750. The normalized spacial score (nSPS) is 13.7. The summed E-state index contributed by atoms with van der Waals surface area (Å²) in [6.45, 7) is 4.66. The van der Waals surface area contributed by atoms with Gasteiger partial charge >= 0.3 is 0 Å². The van der Waals surface area contributed by atoms with Gasteiger partial charge in [0.2, 0.25) is 0 Å². The summed E-state index contributed by atoms with van der Waals surface area (Å²) in [7, 11) is 0. The largest absolute Gasteiger partial charge is 0.228 e. The van der Waals surface area contributed by atoms with Crippen LogP contribution in [0.15, 0.2) is 109 Å². The van der Waals surface area contributed by atoms with Gasteiger partial charge in [0, 0.05) is 27.7 Å². The first kappa shape index (κ1) is 20.1. The van der Waals surface area contributed by atoms with E-state index < -0.39 is 0 Å². The first-order valence-corrected chi connectivity index (χ1v) is 12.1. The lowest BCUT2D eigenvalue weighted by Gasteiger charge is -2.25. The van der Waals surface area contributed by atoms with E-state index in [0.717, 1.165) is 28.3 Å². The van der Waals surface area contributed by atoms with Gasteiger partial charge < -0.3 is 0 Å². The fourth-order valence-corrected chi connectivity index (χ4v) is 5.92. The summed E-state index contributed by atoms with van der Waals surface area (Å²) in [5.74, 6) is 0.768. The molecule has 1 aliphatic rings. The van der Waals surface area contributed by atoms with Crippen LogP contribution >= 0.6 is 0 Å². The molecule has 2 heteroatoms. The number of hydrogen-bond donors (Lipinski definition) is 0. The zero-order valence-corrected chi connectivity index (χ0v) is 19.8. The van der Waals surface area contributed by atoms with Crippen molar-refractivity contribution in [1.82, 2.24) is 9.97 Å². The molecule has 6 aromatic rings. The van der Waals surface area contributed by atoms with E-state index in [0.29, 0.717) is 0 Å². The van der Waals surface area contributed by atoms with Crippen LogP contribution in [0.25, 0.3) is 55.4 Å². The van der Waals surface area contributed by atoms with E-state index in [1.807, 2.05) is 6.07 Å². The summed E-state index contributed by atoms with van der Waals surface area (Å²) in [5.41, 5.74) is 7.77. The molecule has 1 aliphatic carbocycles. The highest BCUT2D eigenvalue weighted by Gasteiger charge is 2.42. The number of fused-ring (bicyclic) bond motifs is 8. The van der Waals surface area contributed by atoms with E-state index in [1.165, 1.54) is 38.2 Å². The fraction of sp³-hybridized carbons (Fsp3) is 0.0909. The third-order valence-electron chi connectivity index (χ3n) is 7.41. The Kier molecular flexibility index (Phi) is 4.22. The standard InChI is InChI=1S/C33H24N2/c1-33(2)28-26-20-12-10-18-24(26)23-17-9-11-19-25(23)27(28)31-29(33)30(21-13-5-3-6-14-21)34-32(35-31)22-15-7-4-8-16-22/h3-20H,1-2H3. The second-order valence-corrected chi connectivity index (χ2v) is 9.82. The van der Waals surface area contributed by atoms with Gasteiger partial charge in [-0.05, 0) is 27.1 Å². The van der Waals surface area contributed by atoms with E-state index >= 15 is 0 Å². The van der Waals surface area contributed by atoms with Gasteiger partial charge in [-0.15, -0.1) is 0 Å². The Labute approximate surface area is 204 Å². The second kappa shape index (κ2) is 7.35. The average Bonchev–Trinajstić information content (AvgIpc) is 3.16. The maximum atomic E-state index is 5.29. The Morgan fingerprint density at radius 2 is 0.943 bits per heavy atom. The van der Waals surface area contributed by atoms with Crippen molar-refractivity contribution in [2.45, 2.75) is 19.3 Å². The lowest BCUT2D eigenvalue weighted by Crippen LogP contribution is -2.18. The molecule has 1 aromatic heterocycles. The summed E-state index contributed by atoms with van der Waals surface area (Å²) in [4.78, 5) is 10.5. The average molecular weight is 449 g/mol. The first-order valence-electron chi connectivity index (χ1n) is 12.1. The molecule has 166 valence electrons. The summed E-state index contributed by atoms with van der Waals surface area (Å²) in [6.07, 6.45) is 0. The molecule has 2 nitrogen and oxygen atoms in total. The first-order chi connectivity index (χ1) is 17.1. The maximum Gasteiger partial charge on any atom is 0.160 e. The van der Waals surface area contributed by atoms with Gasteiger partial charge in [-0.1, -0.05) is 123 Å². The molecule has 0 amide bonds. The molecule has 1 heterocycles. The van der Waals surface area contributed by atoms with Gasteiger partial charge in [0.15, 0.2) is 5.82 Å². The molecular formula is C33H24N2. The molecule has 5 aromatic carbocycles. The van der Waals surface area contributed by atoms with Crippen molar-refractivity contribution in [3.05, 3.63) is 120 Å².